The molecule has 1 rings (SSSR count). The highest BCUT2D eigenvalue weighted by molar-refractivity contribution is 5.90. The van der Waals surface area contributed by atoms with Gasteiger partial charge in [-0.2, -0.15) is 0 Å². The number of carbonyl (C=O) groups excluding carboxylic acids is 1. The molecular formula is C9H14O6. The van der Waals surface area contributed by atoms with Crippen LogP contribution < -0.4 is 0 Å². The Morgan fingerprint density at radius 1 is 1.27 bits per heavy atom. The lowest BCUT2D eigenvalue weighted by atomic mass is 9.89. The van der Waals surface area contributed by atoms with Gasteiger partial charge in [-0.05, 0) is 6.08 Å². The monoisotopic (exact) mass is 218 g/mol. The van der Waals surface area contributed by atoms with E-state index >= 15 is 0 Å². The van der Waals surface area contributed by atoms with Crippen molar-refractivity contribution in [1.82, 2.24) is 0 Å². The molecule has 0 fully saturated rings. The number of aliphatic hydroxyl groups is 3. The summed E-state index contributed by atoms with van der Waals surface area (Å²) in [5.41, 5.74) is 0.00491. The smallest absolute Gasteiger partial charge is 0.336 e. The van der Waals surface area contributed by atoms with Crippen molar-refractivity contribution in [3.8, 4) is 0 Å². The number of ether oxygens (including phenoxy) is 2. The minimum atomic E-state index is -1.37. The van der Waals surface area contributed by atoms with Gasteiger partial charge in [-0.15, -0.1) is 0 Å². The summed E-state index contributed by atoms with van der Waals surface area (Å²) in [4.78, 5) is 11.3. The number of hydrogen-bond donors (Lipinski definition) is 3. The van der Waals surface area contributed by atoms with Crippen molar-refractivity contribution in [1.29, 1.82) is 0 Å². The first-order valence-corrected chi connectivity index (χ1v) is 4.40. The third-order valence-electron chi connectivity index (χ3n) is 2.34. The predicted molar refractivity (Wildman–Crippen MR) is 48.9 cm³/mol. The summed E-state index contributed by atoms with van der Waals surface area (Å²) in [6.07, 6.45) is -3.90. The Labute approximate surface area is 86.7 Å². The Morgan fingerprint density at radius 2 is 1.87 bits per heavy atom. The van der Waals surface area contributed by atoms with Crippen molar-refractivity contribution >= 4 is 5.97 Å². The molecule has 0 bridgehead atoms. The molecule has 0 saturated heterocycles. The summed E-state index contributed by atoms with van der Waals surface area (Å²) >= 11 is 0. The van der Waals surface area contributed by atoms with E-state index < -0.39 is 30.4 Å². The number of hydrogen-bond acceptors (Lipinski definition) is 6. The molecule has 0 aromatic rings. The van der Waals surface area contributed by atoms with Crippen LogP contribution >= 0.6 is 0 Å². The minimum absolute atomic E-state index is 0.00491. The third-order valence-corrected chi connectivity index (χ3v) is 2.34. The average Bonchev–Trinajstić information content (AvgIpc) is 2.24. The molecule has 6 nitrogen and oxygen atoms in total. The number of carbonyl (C=O) groups is 1. The maximum absolute atomic E-state index is 11.3. The van der Waals surface area contributed by atoms with Crippen LogP contribution in [0.2, 0.25) is 0 Å². The van der Waals surface area contributed by atoms with Crippen LogP contribution in [0.3, 0.4) is 0 Å². The zero-order valence-electron chi connectivity index (χ0n) is 8.45. The molecule has 0 aliphatic heterocycles. The molecule has 0 spiro atoms. The number of aliphatic hydroxyl groups excluding tert-OH is 3. The summed E-state index contributed by atoms with van der Waals surface area (Å²) in [5.74, 6) is -0.702. The van der Waals surface area contributed by atoms with E-state index in [0.29, 0.717) is 0 Å². The maximum atomic E-state index is 11.3. The van der Waals surface area contributed by atoms with Gasteiger partial charge in [0, 0.05) is 7.11 Å². The van der Waals surface area contributed by atoms with Gasteiger partial charge in [-0.25, -0.2) is 4.79 Å². The van der Waals surface area contributed by atoms with Crippen molar-refractivity contribution in [2.75, 3.05) is 14.2 Å². The summed E-state index contributed by atoms with van der Waals surface area (Å²) < 4.78 is 9.33. The normalized spacial score (nSPS) is 35.9. The first-order chi connectivity index (χ1) is 7.02. The van der Waals surface area contributed by atoms with Gasteiger partial charge in [0.25, 0.3) is 0 Å². The zero-order valence-corrected chi connectivity index (χ0v) is 8.45. The highest BCUT2D eigenvalue weighted by Gasteiger charge is 2.40. The number of rotatable bonds is 2. The van der Waals surface area contributed by atoms with Gasteiger partial charge in [0.2, 0.25) is 0 Å². The highest BCUT2D eigenvalue weighted by atomic mass is 16.5. The molecule has 0 heterocycles. The second kappa shape index (κ2) is 4.71. The van der Waals surface area contributed by atoms with E-state index in [9.17, 15) is 20.1 Å². The fraction of sp³-hybridized carbons (Fsp3) is 0.667. The lowest BCUT2D eigenvalue weighted by Gasteiger charge is -2.33. The van der Waals surface area contributed by atoms with Gasteiger partial charge in [0.05, 0.1) is 12.7 Å². The molecule has 1 aliphatic rings. The molecule has 4 atom stereocenters. The topological polar surface area (TPSA) is 96.2 Å². The first kappa shape index (κ1) is 12.1. The Kier molecular flexibility index (Phi) is 3.81. The van der Waals surface area contributed by atoms with Gasteiger partial charge in [-0.3, -0.25) is 0 Å². The molecular weight excluding hydrogens is 204 g/mol. The van der Waals surface area contributed by atoms with Crippen LogP contribution in [0.4, 0.5) is 0 Å². The number of esters is 1. The van der Waals surface area contributed by atoms with Crippen molar-refractivity contribution in [3.63, 3.8) is 0 Å². The van der Waals surface area contributed by atoms with Crippen LogP contribution in [0.1, 0.15) is 0 Å². The Hall–Kier alpha value is -0.950. The van der Waals surface area contributed by atoms with E-state index in [0.717, 1.165) is 6.08 Å². The Bertz CT molecular complexity index is 274. The predicted octanol–water partition coefficient (Wildman–Crippen LogP) is -1.80. The zero-order chi connectivity index (χ0) is 11.6. The van der Waals surface area contributed by atoms with Crippen LogP contribution in [0.15, 0.2) is 11.6 Å². The van der Waals surface area contributed by atoms with Crippen LogP contribution in [-0.4, -0.2) is 59.9 Å². The standard InChI is InChI=1S/C9H14O6/c1-14-8-4(9(13)15-2)3-5(10)6(11)7(8)12/h3,5-8,10-12H,1-2H3/t5-,6-,7-,8+/m1/s1. The second-order valence-corrected chi connectivity index (χ2v) is 3.24. The molecule has 0 radical (unpaired) electrons. The molecule has 0 amide bonds. The van der Waals surface area contributed by atoms with Crippen molar-refractivity contribution in [2.45, 2.75) is 24.4 Å². The molecule has 3 N–H and O–H groups in total. The fourth-order valence-corrected chi connectivity index (χ4v) is 1.51. The van der Waals surface area contributed by atoms with E-state index in [-0.39, 0.29) is 5.57 Å². The van der Waals surface area contributed by atoms with Crippen LogP contribution in [0.25, 0.3) is 0 Å². The number of methoxy groups -OCH3 is 2. The van der Waals surface area contributed by atoms with E-state index in [4.69, 9.17) is 4.74 Å². The Balaban J connectivity index is 3.01. The molecule has 0 aromatic heterocycles. The largest absolute Gasteiger partial charge is 0.466 e. The first-order valence-electron chi connectivity index (χ1n) is 4.40. The van der Waals surface area contributed by atoms with Crippen molar-refractivity contribution in [3.05, 3.63) is 11.6 Å². The van der Waals surface area contributed by atoms with Gasteiger partial charge in [0.1, 0.15) is 24.4 Å². The maximum Gasteiger partial charge on any atom is 0.336 e. The Morgan fingerprint density at radius 3 is 2.33 bits per heavy atom. The SMILES string of the molecule is COC(=O)C1=C[C@@H](O)[C@@H](O)[C@@H](O)[C@H]1OC. The van der Waals surface area contributed by atoms with Crippen LogP contribution in [0.5, 0.6) is 0 Å². The van der Waals surface area contributed by atoms with Crippen molar-refractivity contribution < 1.29 is 29.6 Å². The van der Waals surface area contributed by atoms with Gasteiger partial charge in [-0.1, -0.05) is 0 Å². The second-order valence-electron chi connectivity index (χ2n) is 3.24. The average molecular weight is 218 g/mol. The molecule has 0 aromatic carbocycles. The lowest BCUT2D eigenvalue weighted by Crippen LogP contribution is -2.50. The highest BCUT2D eigenvalue weighted by Crippen LogP contribution is 2.23. The minimum Gasteiger partial charge on any atom is -0.466 e. The summed E-state index contributed by atoms with van der Waals surface area (Å²) in [6.45, 7) is 0. The molecule has 86 valence electrons. The van der Waals surface area contributed by atoms with Gasteiger partial charge >= 0.3 is 5.97 Å². The van der Waals surface area contributed by atoms with Crippen LogP contribution in [0, 0.1) is 0 Å². The quantitative estimate of drug-likeness (QED) is 0.473. The lowest BCUT2D eigenvalue weighted by molar-refractivity contribution is -0.143. The molecule has 15 heavy (non-hydrogen) atoms. The molecule has 1 aliphatic carbocycles. The third kappa shape index (κ3) is 2.18. The van der Waals surface area contributed by atoms with Crippen LogP contribution in [-0.2, 0) is 14.3 Å². The van der Waals surface area contributed by atoms with Gasteiger partial charge < -0.3 is 24.8 Å². The van der Waals surface area contributed by atoms with E-state index in [1.54, 1.807) is 0 Å². The summed E-state index contributed by atoms with van der Waals surface area (Å²) in [5, 5.41) is 28.2. The van der Waals surface area contributed by atoms with E-state index in [1.165, 1.54) is 14.2 Å². The summed E-state index contributed by atoms with van der Waals surface area (Å²) in [7, 11) is 2.47. The molecule has 0 unspecified atom stereocenters. The van der Waals surface area contributed by atoms with E-state index in [1.807, 2.05) is 0 Å². The fourth-order valence-electron chi connectivity index (χ4n) is 1.51. The van der Waals surface area contributed by atoms with Crippen molar-refractivity contribution in [2.24, 2.45) is 0 Å². The molecule has 0 saturated carbocycles. The van der Waals surface area contributed by atoms with Gasteiger partial charge in [0.15, 0.2) is 0 Å². The molecule has 6 heteroatoms. The summed E-state index contributed by atoms with van der Waals surface area (Å²) in [6, 6.07) is 0. The van der Waals surface area contributed by atoms with E-state index in [2.05, 4.69) is 4.74 Å².